The summed E-state index contributed by atoms with van der Waals surface area (Å²) in [7, 11) is 0. The lowest BCUT2D eigenvalue weighted by atomic mass is 10.2. The molecule has 0 aliphatic carbocycles. The Bertz CT molecular complexity index is 304. The molecule has 1 aliphatic rings. The Balaban J connectivity index is 2.42. The third-order valence-electron chi connectivity index (χ3n) is 1.67. The average molecular weight is 147 g/mol. The van der Waals surface area contributed by atoms with Gasteiger partial charge in [0, 0.05) is 6.20 Å². The normalized spacial score (nSPS) is 14.8. The number of amidine groups is 1. The van der Waals surface area contributed by atoms with Gasteiger partial charge in [-0.2, -0.15) is 0 Å². The lowest BCUT2D eigenvalue weighted by molar-refractivity contribution is 0.973. The van der Waals surface area contributed by atoms with E-state index in [2.05, 4.69) is 15.3 Å². The van der Waals surface area contributed by atoms with Crippen molar-refractivity contribution in [2.24, 2.45) is 4.99 Å². The van der Waals surface area contributed by atoms with Crippen molar-refractivity contribution < 1.29 is 0 Å². The number of aliphatic imine (C=N–C) groups is 1. The molecule has 0 radical (unpaired) electrons. The number of hydrogen-bond donors (Lipinski definition) is 1. The molecule has 3 nitrogen and oxygen atoms in total. The van der Waals surface area contributed by atoms with Crippen LogP contribution in [0.15, 0.2) is 23.3 Å². The zero-order chi connectivity index (χ0) is 7.68. The van der Waals surface area contributed by atoms with Gasteiger partial charge in [-0.3, -0.25) is 9.98 Å². The molecule has 0 fully saturated rings. The minimum atomic E-state index is 0.703. The minimum absolute atomic E-state index is 0.703. The zero-order valence-electron chi connectivity index (χ0n) is 6.33. The van der Waals surface area contributed by atoms with Gasteiger partial charge in [0.05, 0.1) is 23.8 Å². The summed E-state index contributed by atoms with van der Waals surface area (Å²) in [6.07, 6.45) is 1.79. The smallest absolute Gasteiger partial charge is 0.0980 e. The molecule has 0 saturated carbocycles. The topological polar surface area (TPSA) is 37.3 Å². The Morgan fingerprint density at radius 1 is 1.55 bits per heavy atom. The fourth-order valence-electron chi connectivity index (χ4n) is 1.11. The Hall–Kier alpha value is -1.38. The van der Waals surface area contributed by atoms with Crippen molar-refractivity contribution in [3.63, 3.8) is 0 Å². The fourth-order valence-corrected chi connectivity index (χ4v) is 1.11. The van der Waals surface area contributed by atoms with Crippen molar-refractivity contribution in [3.8, 4) is 0 Å². The second kappa shape index (κ2) is 2.34. The van der Waals surface area contributed by atoms with Gasteiger partial charge in [-0.15, -0.1) is 0 Å². The summed E-state index contributed by atoms with van der Waals surface area (Å²) >= 11 is 0. The Labute approximate surface area is 65.2 Å². The van der Waals surface area contributed by atoms with Crippen molar-refractivity contribution in [2.45, 2.75) is 13.5 Å². The second-order valence-corrected chi connectivity index (χ2v) is 2.52. The van der Waals surface area contributed by atoms with Crippen LogP contribution in [0.2, 0.25) is 0 Å². The third kappa shape index (κ3) is 1.09. The molecule has 56 valence electrons. The van der Waals surface area contributed by atoms with E-state index in [4.69, 9.17) is 0 Å². The van der Waals surface area contributed by atoms with Crippen molar-refractivity contribution >= 4 is 11.5 Å². The standard InChI is InChI=1S/C8H9N3/c1-6-10-5-8-7(11-6)3-2-4-9-8/h2-4H,5H2,1H3,(H,10,11). The van der Waals surface area contributed by atoms with Gasteiger partial charge >= 0.3 is 0 Å². The highest BCUT2D eigenvalue weighted by Crippen LogP contribution is 2.16. The summed E-state index contributed by atoms with van der Waals surface area (Å²) in [5.41, 5.74) is 2.11. The van der Waals surface area contributed by atoms with Crippen LogP contribution in [-0.2, 0) is 6.54 Å². The van der Waals surface area contributed by atoms with E-state index in [1.54, 1.807) is 6.20 Å². The highest BCUT2D eigenvalue weighted by molar-refractivity contribution is 5.95. The average Bonchev–Trinajstić information content (AvgIpc) is 2.04. The van der Waals surface area contributed by atoms with Crippen LogP contribution in [0, 0.1) is 0 Å². The lowest BCUT2D eigenvalue weighted by Crippen LogP contribution is -2.14. The lowest BCUT2D eigenvalue weighted by Gasteiger charge is -2.13. The van der Waals surface area contributed by atoms with E-state index in [9.17, 15) is 0 Å². The van der Waals surface area contributed by atoms with Crippen LogP contribution < -0.4 is 5.32 Å². The molecule has 1 aliphatic heterocycles. The first-order valence-corrected chi connectivity index (χ1v) is 3.58. The Kier molecular flexibility index (Phi) is 1.35. The van der Waals surface area contributed by atoms with E-state index in [0.29, 0.717) is 6.54 Å². The van der Waals surface area contributed by atoms with Gasteiger partial charge in [0.25, 0.3) is 0 Å². The third-order valence-corrected chi connectivity index (χ3v) is 1.67. The van der Waals surface area contributed by atoms with E-state index in [1.807, 2.05) is 19.1 Å². The monoisotopic (exact) mass is 147 g/mol. The van der Waals surface area contributed by atoms with Crippen molar-refractivity contribution in [3.05, 3.63) is 24.0 Å². The molecular formula is C8H9N3. The predicted octanol–water partition coefficient (Wildman–Crippen LogP) is 1.43. The van der Waals surface area contributed by atoms with Gasteiger partial charge in [0.1, 0.15) is 0 Å². The first-order chi connectivity index (χ1) is 5.36. The summed E-state index contributed by atoms with van der Waals surface area (Å²) in [6, 6.07) is 3.94. The van der Waals surface area contributed by atoms with Crippen molar-refractivity contribution in [1.29, 1.82) is 0 Å². The van der Waals surface area contributed by atoms with Crippen LogP contribution in [0.25, 0.3) is 0 Å². The first-order valence-electron chi connectivity index (χ1n) is 3.58. The number of aromatic nitrogens is 1. The Morgan fingerprint density at radius 2 is 2.45 bits per heavy atom. The van der Waals surface area contributed by atoms with Crippen LogP contribution >= 0.6 is 0 Å². The zero-order valence-corrected chi connectivity index (χ0v) is 6.33. The molecule has 0 bridgehead atoms. The van der Waals surface area contributed by atoms with Crippen molar-refractivity contribution in [2.75, 3.05) is 5.32 Å². The number of pyridine rings is 1. The maximum absolute atomic E-state index is 4.21. The van der Waals surface area contributed by atoms with Gasteiger partial charge in [0.15, 0.2) is 0 Å². The van der Waals surface area contributed by atoms with Gasteiger partial charge in [0.2, 0.25) is 0 Å². The van der Waals surface area contributed by atoms with Gasteiger partial charge in [-0.25, -0.2) is 0 Å². The van der Waals surface area contributed by atoms with Crippen LogP contribution in [-0.4, -0.2) is 10.8 Å². The quantitative estimate of drug-likeness (QED) is 0.602. The van der Waals surface area contributed by atoms with E-state index in [1.165, 1.54) is 0 Å². The molecule has 0 saturated heterocycles. The van der Waals surface area contributed by atoms with Gasteiger partial charge < -0.3 is 5.32 Å². The number of hydrogen-bond acceptors (Lipinski definition) is 3. The molecule has 0 unspecified atom stereocenters. The second-order valence-electron chi connectivity index (χ2n) is 2.52. The fraction of sp³-hybridized carbons (Fsp3) is 0.250. The SMILES string of the molecule is CC1=NCc2ncccc2N1. The van der Waals surface area contributed by atoms with Crippen LogP contribution in [0.3, 0.4) is 0 Å². The number of anilines is 1. The van der Waals surface area contributed by atoms with E-state index < -0.39 is 0 Å². The summed E-state index contributed by atoms with van der Waals surface area (Å²) in [5, 5.41) is 3.15. The molecule has 0 amide bonds. The number of nitrogens with one attached hydrogen (secondary N) is 1. The van der Waals surface area contributed by atoms with E-state index >= 15 is 0 Å². The van der Waals surface area contributed by atoms with Crippen LogP contribution in [0.1, 0.15) is 12.6 Å². The summed E-state index contributed by atoms with van der Waals surface area (Å²) in [5.74, 6) is 0.963. The predicted molar refractivity (Wildman–Crippen MR) is 44.7 cm³/mol. The molecule has 0 atom stereocenters. The molecule has 1 aromatic heterocycles. The summed E-state index contributed by atoms with van der Waals surface area (Å²) < 4.78 is 0. The minimum Gasteiger partial charge on any atom is -0.343 e. The first kappa shape index (κ1) is 6.34. The van der Waals surface area contributed by atoms with Crippen LogP contribution in [0.5, 0.6) is 0 Å². The maximum Gasteiger partial charge on any atom is 0.0980 e. The highest BCUT2D eigenvalue weighted by Gasteiger charge is 2.07. The Morgan fingerprint density at radius 3 is 3.36 bits per heavy atom. The summed E-state index contributed by atoms with van der Waals surface area (Å²) in [6.45, 7) is 2.66. The molecule has 11 heavy (non-hydrogen) atoms. The molecule has 1 aromatic rings. The highest BCUT2D eigenvalue weighted by atomic mass is 15.0. The van der Waals surface area contributed by atoms with Gasteiger partial charge in [-0.1, -0.05) is 0 Å². The summed E-state index contributed by atoms with van der Waals surface area (Å²) in [4.78, 5) is 8.40. The molecule has 2 heterocycles. The molecule has 2 rings (SSSR count). The van der Waals surface area contributed by atoms with Gasteiger partial charge in [-0.05, 0) is 19.1 Å². The molecular weight excluding hydrogens is 138 g/mol. The molecule has 0 aromatic carbocycles. The maximum atomic E-state index is 4.21. The van der Waals surface area contributed by atoms with Crippen molar-refractivity contribution in [1.82, 2.24) is 4.98 Å². The molecule has 1 N–H and O–H groups in total. The largest absolute Gasteiger partial charge is 0.343 e. The van der Waals surface area contributed by atoms with E-state index in [-0.39, 0.29) is 0 Å². The molecule has 3 heteroatoms. The van der Waals surface area contributed by atoms with E-state index in [0.717, 1.165) is 17.2 Å². The molecule has 0 spiro atoms. The number of fused-ring (bicyclic) bond motifs is 1. The number of rotatable bonds is 0. The number of nitrogens with zero attached hydrogens (tertiary/aromatic N) is 2. The van der Waals surface area contributed by atoms with Crippen LogP contribution in [0.4, 0.5) is 5.69 Å².